The van der Waals surface area contributed by atoms with Gasteiger partial charge in [0.25, 0.3) is 0 Å². The summed E-state index contributed by atoms with van der Waals surface area (Å²) in [6, 6.07) is 12.4. The molecule has 0 saturated carbocycles. The van der Waals surface area contributed by atoms with Crippen LogP contribution in [-0.4, -0.2) is 17.5 Å². The van der Waals surface area contributed by atoms with Crippen LogP contribution in [-0.2, 0) is 4.74 Å². The SMILES string of the molecule is O=C(OC1=CC=CCC1)N1CC(c2cc(F)ccc2F)=CC1c1ccccc1. The first-order chi connectivity index (χ1) is 13.6. The van der Waals surface area contributed by atoms with Crippen LogP contribution in [0, 0.1) is 11.6 Å². The van der Waals surface area contributed by atoms with Crippen molar-refractivity contribution < 1.29 is 18.3 Å². The summed E-state index contributed by atoms with van der Waals surface area (Å²) in [4.78, 5) is 14.4. The van der Waals surface area contributed by atoms with Gasteiger partial charge < -0.3 is 4.74 Å². The Morgan fingerprint density at radius 1 is 1.11 bits per heavy atom. The normalized spacial score (nSPS) is 18.6. The molecule has 3 nitrogen and oxygen atoms in total. The Kier molecular flexibility index (Phi) is 5.06. The van der Waals surface area contributed by atoms with Crippen molar-refractivity contribution in [3.63, 3.8) is 0 Å². The first-order valence-corrected chi connectivity index (χ1v) is 9.17. The number of ether oxygens (including phenoxy) is 1. The molecule has 2 aromatic rings. The maximum atomic E-state index is 14.3. The second kappa shape index (κ2) is 7.80. The number of allylic oxidation sites excluding steroid dienone is 4. The summed E-state index contributed by atoms with van der Waals surface area (Å²) in [5.74, 6) is -0.437. The number of benzene rings is 2. The molecule has 1 amide bonds. The maximum absolute atomic E-state index is 14.3. The summed E-state index contributed by atoms with van der Waals surface area (Å²) in [6.45, 7) is 0.141. The van der Waals surface area contributed by atoms with Crippen molar-refractivity contribution in [2.75, 3.05) is 6.54 Å². The van der Waals surface area contributed by atoms with Crippen molar-refractivity contribution in [3.05, 3.63) is 101 Å². The summed E-state index contributed by atoms with van der Waals surface area (Å²) in [6.07, 6.45) is 8.41. The fraction of sp³-hybridized carbons (Fsp3) is 0.174. The molecule has 1 atom stereocenters. The summed E-state index contributed by atoms with van der Waals surface area (Å²) in [7, 11) is 0. The number of nitrogens with zero attached hydrogens (tertiary/aromatic N) is 1. The predicted molar refractivity (Wildman–Crippen MR) is 103 cm³/mol. The molecule has 0 aromatic heterocycles. The molecule has 0 N–H and O–H groups in total. The van der Waals surface area contributed by atoms with E-state index in [4.69, 9.17) is 4.74 Å². The minimum atomic E-state index is -0.520. The molecule has 28 heavy (non-hydrogen) atoms. The van der Waals surface area contributed by atoms with Crippen LogP contribution in [0.1, 0.15) is 30.0 Å². The number of hydrogen-bond donors (Lipinski definition) is 0. The van der Waals surface area contributed by atoms with Crippen molar-refractivity contribution in [3.8, 4) is 0 Å². The molecule has 142 valence electrons. The highest BCUT2D eigenvalue weighted by Crippen LogP contribution is 2.36. The Morgan fingerprint density at radius 3 is 2.68 bits per heavy atom. The Hall–Kier alpha value is -3.21. The molecule has 2 aromatic carbocycles. The van der Waals surface area contributed by atoms with Gasteiger partial charge in [-0.05, 0) is 41.8 Å². The van der Waals surface area contributed by atoms with Crippen molar-refractivity contribution in [1.29, 1.82) is 0 Å². The average Bonchev–Trinajstić information content (AvgIpc) is 3.17. The smallest absolute Gasteiger partial charge is 0.415 e. The van der Waals surface area contributed by atoms with Crippen LogP contribution in [0.3, 0.4) is 0 Å². The van der Waals surface area contributed by atoms with Gasteiger partial charge in [-0.15, -0.1) is 0 Å². The van der Waals surface area contributed by atoms with Gasteiger partial charge in [-0.1, -0.05) is 48.6 Å². The van der Waals surface area contributed by atoms with Gasteiger partial charge in [0.15, 0.2) is 0 Å². The largest absolute Gasteiger partial charge is 0.415 e. The van der Waals surface area contributed by atoms with Crippen LogP contribution in [0.15, 0.2) is 78.6 Å². The van der Waals surface area contributed by atoms with E-state index in [2.05, 4.69) is 0 Å². The molecule has 0 bridgehead atoms. The molecule has 0 fully saturated rings. The summed E-state index contributed by atoms with van der Waals surface area (Å²) < 4.78 is 33.5. The number of carbonyl (C=O) groups excluding carboxylic acids is 1. The zero-order valence-electron chi connectivity index (χ0n) is 15.1. The van der Waals surface area contributed by atoms with E-state index in [1.54, 1.807) is 12.2 Å². The van der Waals surface area contributed by atoms with Crippen LogP contribution < -0.4 is 0 Å². The van der Waals surface area contributed by atoms with E-state index in [1.807, 2.05) is 42.5 Å². The van der Waals surface area contributed by atoms with E-state index >= 15 is 0 Å². The fourth-order valence-electron chi connectivity index (χ4n) is 3.47. The van der Waals surface area contributed by atoms with Gasteiger partial charge in [0.2, 0.25) is 0 Å². The number of rotatable bonds is 3. The third-order valence-electron chi connectivity index (χ3n) is 4.88. The number of carbonyl (C=O) groups is 1. The average molecular weight is 379 g/mol. The zero-order chi connectivity index (χ0) is 19.5. The minimum Gasteiger partial charge on any atom is -0.415 e. The lowest BCUT2D eigenvalue weighted by atomic mass is 10.0. The summed E-state index contributed by atoms with van der Waals surface area (Å²) in [5.41, 5.74) is 1.60. The number of amides is 1. The van der Waals surface area contributed by atoms with Crippen molar-refractivity contribution in [2.24, 2.45) is 0 Å². The van der Waals surface area contributed by atoms with Gasteiger partial charge in [0, 0.05) is 12.0 Å². The molecule has 1 heterocycles. The Balaban J connectivity index is 1.66. The Bertz CT molecular complexity index is 979. The molecule has 1 unspecified atom stereocenters. The Morgan fingerprint density at radius 2 is 1.93 bits per heavy atom. The highest BCUT2D eigenvalue weighted by atomic mass is 19.1. The molecule has 1 aliphatic carbocycles. The molecular formula is C23H19F2NO2. The molecular weight excluding hydrogens is 360 g/mol. The van der Waals surface area contributed by atoms with E-state index in [-0.39, 0.29) is 12.1 Å². The van der Waals surface area contributed by atoms with Crippen LogP contribution in [0.2, 0.25) is 0 Å². The van der Waals surface area contributed by atoms with Gasteiger partial charge in [0.1, 0.15) is 17.4 Å². The van der Waals surface area contributed by atoms with E-state index in [9.17, 15) is 13.6 Å². The molecule has 0 radical (unpaired) electrons. The van der Waals surface area contributed by atoms with E-state index in [0.29, 0.717) is 17.8 Å². The van der Waals surface area contributed by atoms with Gasteiger partial charge >= 0.3 is 6.09 Å². The van der Waals surface area contributed by atoms with Crippen LogP contribution in [0.4, 0.5) is 13.6 Å². The number of hydrogen-bond acceptors (Lipinski definition) is 2. The van der Waals surface area contributed by atoms with E-state index < -0.39 is 23.8 Å². The van der Waals surface area contributed by atoms with Crippen molar-refractivity contribution >= 4 is 11.7 Å². The fourth-order valence-corrected chi connectivity index (χ4v) is 3.47. The lowest BCUT2D eigenvalue weighted by molar-refractivity contribution is 0.125. The molecule has 0 saturated heterocycles. The van der Waals surface area contributed by atoms with Crippen molar-refractivity contribution in [2.45, 2.75) is 18.9 Å². The van der Waals surface area contributed by atoms with Crippen LogP contribution in [0.5, 0.6) is 0 Å². The first-order valence-electron chi connectivity index (χ1n) is 9.17. The third-order valence-corrected chi connectivity index (χ3v) is 4.88. The minimum absolute atomic E-state index is 0.141. The highest BCUT2D eigenvalue weighted by molar-refractivity contribution is 5.79. The van der Waals surface area contributed by atoms with Crippen LogP contribution in [0.25, 0.3) is 5.57 Å². The molecule has 5 heteroatoms. The quantitative estimate of drug-likeness (QED) is 0.677. The van der Waals surface area contributed by atoms with Gasteiger partial charge in [-0.25, -0.2) is 13.6 Å². The molecule has 2 aliphatic rings. The second-order valence-electron chi connectivity index (χ2n) is 6.77. The van der Waals surface area contributed by atoms with E-state index in [0.717, 1.165) is 30.2 Å². The lowest BCUT2D eigenvalue weighted by Gasteiger charge is -2.25. The van der Waals surface area contributed by atoms with Crippen molar-refractivity contribution in [1.82, 2.24) is 4.90 Å². The number of halogens is 2. The monoisotopic (exact) mass is 379 g/mol. The lowest BCUT2D eigenvalue weighted by Crippen LogP contribution is -2.32. The second-order valence-corrected chi connectivity index (χ2v) is 6.77. The van der Waals surface area contributed by atoms with Gasteiger partial charge in [-0.2, -0.15) is 0 Å². The zero-order valence-corrected chi connectivity index (χ0v) is 15.1. The van der Waals surface area contributed by atoms with E-state index in [1.165, 1.54) is 4.90 Å². The summed E-state index contributed by atoms with van der Waals surface area (Å²) in [5, 5.41) is 0. The van der Waals surface area contributed by atoms with Crippen LogP contribution >= 0.6 is 0 Å². The topological polar surface area (TPSA) is 29.5 Å². The summed E-state index contributed by atoms with van der Waals surface area (Å²) >= 11 is 0. The van der Waals surface area contributed by atoms with Gasteiger partial charge in [0.05, 0.1) is 12.6 Å². The predicted octanol–water partition coefficient (Wildman–Crippen LogP) is 5.78. The maximum Gasteiger partial charge on any atom is 0.415 e. The Labute approximate surface area is 162 Å². The first kappa shape index (κ1) is 18.2. The third kappa shape index (κ3) is 3.74. The standard InChI is InChI=1S/C23H19F2NO2/c24-18-11-12-21(25)20(14-18)17-13-22(16-7-3-1-4-8-16)26(15-17)23(27)28-19-9-5-2-6-10-19/h1-5,7-9,11-14,22H,6,10,15H2. The molecule has 0 spiro atoms. The van der Waals surface area contributed by atoms with Gasteiger partial charge in [-0.3, -0.25) is 4.90 Å². The molecule has 1 aliphatic heterocycles. The molecule has 4 rings (SSSR count). The highest BCUT2D eigenvalue weighted by Gasteiger charge is 2.33.